The monoisotopic (exact) mass is 294 g/mol. The van der Waals surface area contributed by atoms with E-state index >= 15 is 0 Å². The van der Waals surface area contributed by atoms with Crippen molar-refractivity contribution in [2.24, 2.45) is 0 Å². The Bertz CT molecular complexity index is 433. The van der Waals surface area contributed by atoms with Gasteiger partial charge < -0.3 is 10.2 Å². The van der Waals surface area contributed by atoms with Crippen molar-refractivity contribution < 1.29 is 0 Å². The number of nitrogens with zero attached hydrogens (tertiary/aromatic N) is 3. The minimum Gasteiger partial charge on any atom is -0.346 e. The van der Waals surface area contributed by atoms with Gasteiger partial charge in [0.2, 0.25) is 0 Å². The van der Waals surface area contributed by atoms with Gasteiger partial charge in [-0.3, -0.25) is 4.90 Å². The average molecular weight is 294 g/mol. The zero-order valence-electron chi connectivity index (χ0n) is 12.7. The molecule has 1 N–H and O–H groups in total. The Balaban J connectivity index is 1.55. The van der Waals surface area contributed by atoms with E-state index in [4.69, 9.17) is 4.98 Å². The largest absolute Gasteiger partial charge is 0.346 e. The second-order valence-electron chi connectivity index (χ2n) is 5.94. The summed E-state index contributed by atoms with van der Waals surface area (Å²) in [7, 11) is 0. The molecule has 2 heterocycles. The molecule has 5 heteroatoms. The summed E-state index contributed by atoms with van der Waals surface area (Å²) >= 11 is 1.88. The number of hydrogen-bond acceptors (Lipinski definition) is 5. The van der Waals surface area contributed by atoms with E-state index in [0.717, 1.165) is 32.2 Å². The Morgan fingerprint density at radius 2 is 2.00 bits per heavy atom. The summed E-state index contributed by atoms with van der Waals surface area (Å²) in [5.41, 5.74) is 1.21. The zero-order chi connectivity index (χ0) is 13.9. The fraction of sp³-hybridized carbons (Fsp3) is 0.800. The molecular weight excluding hydrogens is 268 g/mol. The number of aromatic nitrogens is 1. The van der Waals surface area contributed by atoms with Gasteiger partial charge in [-0.1, -0.05) is 6.92 Å². The summed E-state index contributed by atoms with van der Waals surface area (Å²) in [6, 6.07) is 0.906. The molecule has 0 amide bonds. The lowest BCUT2D eigenvalue weighted by atomic mass is 10.3. The maximum atomic E-state index is 4.78. The number of anilines is 1. The van der Waals surface area contributed by atoms with Gasteiger partial charge in [0.15, 0.2) is 5.13 Å². The maximum absolute atomic E-state index is 4.78. The summed E-state index contributed by atoms with van der Waals surface area (Å²) in [6.07, 6.45) is 4.03. The Labute approximate surface area is 126 Å². The molecule has 1 aliphatic carbocycles. The highest BCUT2D eigenvalue weighted by atomic mass is 32.1. The first-order valence-corrected chi connectivity index (χ1v) is 8.75. The molecule has 0 radical (unpaired) electrons. The molecule has 2 fully saturated rings. The van der Waals surface area contributed by atoms with E-state index in [2.05, 4.69) is 29.0 Å². The van der Waals surface area contributed by atoms with Crippen molar-refractivity contribution in [1.29, 1.82) is 0 Å². The lowest BCUT2D eigenvalue weighted by molar-refractivity contribution is 0.248. The van der Waals surface area contributed by atoms with E-state index in [-0.39, 0.29) is 0 Å². The normalized spacial score (nSPS) is 20.6. The highest BCUT2D eigenvalue weighted by molar-refractivity contribution is 7.15. The third kappa shape index (κ3) is 3.32. The van der Waals surface area contributed by atoms with Crippen LogP contribution < -0.4 is 10.2 Å². The first-order chi connectivity index (χ1) is 9.78. The first-order valence-electron chi connectivity index (χ1n) is 7.94. The molecule has 0 bridgehead atoms. The van der Waals surface area contributed by atoms with Crippen LogP contribution in [0.4, 0.5) is 5.13 Å². The van der Waals surface area contributed by atoms with Gasteiger partial charge in [-0.05, 0) is 32.7 Å². The van der Waals surface area contributed by atoms with Crippen molar-refractivity contribution in [2.75, 3.05) is 37.6 Å². The van der Waals surface area contributed by atoms with E-state index < -0.39 is 0 Å². The predicted octanol–water partition coefficient (Wildman–Crippen LogP) is 2.24. The van der Waals surface area contributed by atoms with Crippen LogP contribution in [0.25, 0.3) is 0 Å². The minimum atomic E-state index is 0.906. The van der Waals surface area contributed by atoms with Gasteiger partial charge in [-0.15, -0.1) is 11.3 Å². The fourth-order valence-corrected chi connectivity index (χ4v) is 3.89. The summed E-state index contributed by atoms with van der Waals surface area (Å²) in [5, 5.41) is 4.71. The first kappa shape index (κ1) is 14.3. The van der Waals surface area contributed by atoms with Crippen LogP contribution in [0.15, 0.2) is 0 Å². The second-order valence-corrected chi connectivity index (χ2v) is 7.00. The molecule has 0 atom stereocenters. The SMILES string of the molecule is CCCNCc1sc(N2CCN(C3CC3)CC2)nc1C. The molecule has 2 aliphatic rings. The molecule has 1 saturated heterocycles. The van der Waals surface area contributed by atoms with Crippen molar-refractivity contribution >= 4 is 16.5 Å². The Morgan fingerprint density at radius 3 is 2.65 bits per heavy atom. The smallest absolute Gasteiger partial charge is 0.185 e. The van der Waals surface area contributed by atoms with Crippen molar-refractivity contribution in [3.8, 4) is 0 Å². The number of aryl methyl sites for hydroxylation is 1. The van der Waals surface area contributed by atoms with Crippen LogP contribution >= 0.6 is 11.3 Å². The van der Waals surface area contributed by atoms with Crippen molar-refractivity contribution in [3.63, 3.8) is 0 Å². The van der Waals surface area contributed by atoms with Crippen molar-refractivity contribution in [1.82, 2.24) is 15.2 Å². The van der Waals surface area contributed by atoms with Crippen molar-refractivity contribution in [2.45, 2.75) is 45.7 Å². The number of thiazole rings is 1. The molecule has 1 aliphatic heterocycles. The molecule has 0 unspecified atom stereocenters. The quantitative estimate of drug-likeness (QED) is 0.815. The summed E-state index contributed by atoms with van der Waals surface area (Å²) in [4.78, 5) is 11.3. The minimum absolute atomic E-state index is 0.906. The number of rotatable bonds is 6. The van der Waals surface area contributed by atoms with E-state index in [1.807, 2.05) is 11.3 Å². The van der Waals surface area contributed by atoms with Crippen LogP contribution in [0.2, 0.25) is 0 Å². The molecule has 112 valence electrons. The lowest BCUT2D eigenvalue weighted by Crippen LogP contribution is -2.47. The van der Waals surface area contributed by atoms with Crippen molar-refractivity contribution in [3.05, 3.63) is 10.6 Å². The molecule has 1 aromatic heterocycles. The average Bonchev–Trinajstić information content (AvgIpc) is 3.25. The van der Waals surface area contributed by atoms with Crippen LogP contribution in [0, 0.1) is 6.92 Å². The molecular formula is C15H26N4S. The Kier molecular flexibility index (Phi) is 4.58. The van der Waals surface area contributed by atoms with Gasteiger partial charge in [-0.25, -0.2) is 4.98 Å². The summed E-state index contributed by atoms with van der Waals surface area (Å²) in [6.45, 7) is 11.1. The number of nitrogens with one attached hydrogen (secondary N) is 1. The predicted molar refractivity (Wildman–Crippen MR) is 85.7 cm³/mol. The zero-order valence-corrected chi connectivity index (χ0v) is 13.5. The number of hydrogen-bond donors (Lipinski definition) is 1. The number of piperazine rings is 1. The van der Waals surface area contributed by atoms with Crippen LogP contribution in [-0.2, 0) is 6.54 Å². The highest BCUT2D eigenvalue weighted by Gasteiger charge is 2.31. The fourth-order valence-electron chi connectivity index (χ4n) is 2.81. The molecule has 1 aromatic rings. The molecule has 3 rings (SSSR count). The molecule has 4 nitrogen and oxygen atoms in total. The molecule has 0 aromatic carbocycles. The highest BCUT2D eigenvalue weighted by Crippen LogP contribution is 2.30. The van der Waals surface area contributed by atoms with Gasteiger partial charge in [0.25, 0.3) is 0 Å². The van der Waals surface area contributed by atoms with Gasteiger partial charge >= 0.3 is 0 Å². The third-order valence-electron chi connectivity index (χ3n) is 4.24. The topological polar surface area (TPSA) is 31.4 Å². The van der Waals surface area contributed by atoms with Gasteiger partial charge in [0.1, 0.15) is 0 Å². The van der Waals surface area contributed by atoms with E-state index in [1.165, 1.54) is 48.1 Å². The molecule has 1 saturated carbocycles. The Morgan fingerprint density at radius 1 is 1.25 bits per heavy atom. The summed E-state index contributed by atoms with van der Waals surface area (Å²) < 4.78 is 0. The molecule has 20 heavy (non-hydrogen) atoms. The van der Waals surface area contributed by atoms with Gasteiger partial charge in [0.05, 0.1) is 5.69 Å². The lowest BCUT2D eigenvalue weighted by Gasteiger charge is -2.34. The molecule has 0 spiro atoms. The van der Waals surface area contributed by atoms with Gasteiger partial charge in [0, 0.05) is 43.6 Å². The third-order valence-corrected chi connectivity index (χ3v) is 5.46. The standard InChI is InChI=1S/C15H26N4S/c1-3-6-16-11-14-12(2)17-15(20-14)19-9-7-18(8-10-19)13-4-5-13/h13,16H,3-11H2,1-2H3. The van der Waals surface area contributed by atoms with E-state index in [1.54, 1.807) is 0 Å². The van der Waals surface area contributed by atoms with Crippen LogP contribution in [0.1, 0.15) is 36.8 Å². The van der Waals surface area contributed by atoms with Crippen LogP contribution in [-0.4, -0.2) is 48.6 Å². The summed E-state index contributed by atoms with van der Waals surface area (Å²) in [5.74, 6) is 0. The van der Waals surface area contributed by atoms with E-state index in [9.17, 15) is 0 Å². The van der Waals surface area contributed by atoms with E-state index in [0.29, 0.717) is 0 Å². The maximum Gasteiger partial charge on any atom is 0.185 e. The van der Waals surface area contributed by atoms with Crippen LogP contribution in [0.3, 0.4) is 0 Å². The second kappa shape index (κ2) is 6.41. The van der Waals surface area contributed by atoms with Crippen LogP contribution in [0.5, 0.6) is 0 Å². The van der Waals surface area contributed by atoms with Gasteiger partial charge in [-0.2, -0.15) is 0 Å². The Hall–Kier alpha value is -0.650.